The number of nitrogens with zero attached hydrogens (tertiary/aromatic N) is 1. The van der Waals surface area contributed by atoms with Crippen LogP contribution in [-0.2, 0) is 14.4 Å². The normalized spacial score (nSPS) is 20.8. The van der Waals surface area contributed by atoms with Gasteiger partial charge < -0.3 is 10.0 Å². The van der Waals surface area contributed by atoms with E-state index in [1.54, 1.807) is 0 Å². The summed E-state index contributed by atoms with van der Waals surface area (Å²) in [7, 11) is 0. The highest BCUT2D eigenvalue weighted by Crippen LogP contribution is 2.31. The highest BCUT2D eigenvalue weighted by molar-refractivity contribution is 9.09. The average molecular weight is 360 g/mol. The Bertz CT molecular complexity index is 413. The highest BCUT2D eigenvalue weighted by Gasteiger charge is 2.46. The Labute approximate surface area is 121 Å². The summed E-state index contributed by atoms with van der Waals surface area (Å²) >= 11 is 2.65. The van der Waals surface area contributed by atoms with Gasteiger partial charge in [-0.15, -0.1) is 0 Å². The van der Waals surface area contributed by atoms with Crippen LogP contribution in [0, 0.1) is 5.92 Å². The second kappa shape index (κ2) is 6.55. The Balaban J connectivity index is 2.81. The van der Waals surface area contributed by atoms with Crippen molar-refractivity contribution < 1.29 is 32.7 Å². The number of hydrogen-bond acceptors (Lipinski definition) is 3. The standard InChI is InChI=1S/C11H13BrF3NO4/c12-5-8(17)6(11(13,14)15)4-9(18)16-3-1-2-7(16)10(19)20/h6-7H,1-5H2,(H,19,20)/t6?,7-/m0/s1. The Morgan fingerprint density at radius 1 is 1.35 bits per heavy atom. The molecule has 0 bridgehead atoms. The van der Waals surface area contributed by atoms with E-state index in [4.69, 9.17) is 5.11 Å². The van der Waals surface area contributed by atoms with Crippen molar-refractivity contribution in [2.24, 2.45) is 5.92 Å². The number of aliphatic carboxylic acids is 1. The van der Waals surface area contributed by atoms with E-state index >= 15 is 0 Å². The van der Waals surface area contributed by atoms with E-state index in [0.717, 1.165) is 4.90 Å². The first kappa shape index (κ1) is 16.9. The zero-order valence-electron chi connectivity index (χ0n) is 10.3. The molecule has 1 unspecified atom stereocenters. The van der Waals surface area contributed by atoms with Crippen LogP contribution in [0.5, 0.6) is 0 Å². The minimum Gasteiger partial charge on any atom is -0.480 e. The van der Waals surface area contributed by atoms with Crippen molar-refractivity contribution in [2.45, 2.75) is 31.5 Å². The van der Waals surface area contributed by atoms with Gasteiger partial charge in [0.05, 0.1) is 5.33 Å². The number of carbonyl (C=O) groups is 3. The first-order valence-corrected chi connectivity index (χ1v) is 6.98. The summed E-state index contributed by atoms with van der Waals surface area (Å²) in [5, 5.41) is 8.38. The molecular weight excluding hydrogens is 347 g/mol. The molecule has 20 heavy (non-hydrogen) atoms. The molecule has 1 saturated heterocycles. The molecule has 1 amide bonds. The monoisotopic (exact) mass is 359 g/mol. The number of ketones is 1. The Kier molecular flexibility index (Phi) is 5.55. The van der Waals surface area contributed by atoms with E-state index in [9.17, 15) is 27.6 Å². The molecule has 1 aliphatic rings. The lowest BCUT2D eigenvalue weighted by Crippen LogP contribution is -2.43. The van der Waals surface area contributed by atoms with Gasteiger partial charge in [-0.1, -0.05) is 15.9 Å². The molecule has 0 aromatic heterocycles. The van der Waals surface area contributed by atoms with Gasteiger partial charge in [-0.25, -0.2) is 4.79 Å². The molecule has 0 radical (unpaired) electrons. The number of alkyl halides is 4. The number of carboxylic acid groups (broad SMARTS) is 1. The summed E-state index contributed by atoms with van der Waals surface area (Å²) in [6, 6.07) is -1.10. The molecule has 0 aliphatic carbocycles. The van der Waals surface area contributed by atoms with Crippen molar-refractivity contribution in [2.75, 3.05) is 11.9 Å². The van der Waals surface area contributed by atoms with Gasteiger partial charge in [-0.05, 0) is 12.8 Å². The topological polar surface area (TPSA) is 74.7 Å². The summed E-state index contributed by atoms with van der Waals surface area (Å²) in [5.41, 5.74) is 0. The summed E-state index contributed by atoms with van der Waals surface area (Å²) in [5.74, 6) is -5.74. The minimum absolute atomic E-state index is 0.100. The Morgan fingerprint density at radius 3 is 2.40 bits per heavy atom. The third kappa shape index (κ3) is 3.94. The fourth-order valence-electron chi connectivity index (χ4n) is 2.12. The van der Waals surface area contributed by atoms with E-state index in [2.05, 4.69) is 15.9 Å². The third-order valence-corrected chi connectivity index (χ3v) is 3.71. The van der Waals surface area contributed by atoms with Gasteiger partial charge in [0.25, 0.3) is 0 Å². The van der Waals surface area contributed by atoms with Crippen LogP contribution in [0.1, 0.15) is 19.3 Å². The van der Waals surface area contributed by atoms with Crippen molar-refractivity contribution in [3.8, 4) is 0 Å². The van der Waals surface area contributed by atoms with Crippen LogP contribution in [0.2, 0.25) is 0 Å². The molecule has 9 heteroatoms. The van der Waals surface area contributed by atoms with E-state index in [1.165, 1.54) is 0 Å². The molecule has 1 aliphatic heterocycles. The number of rotatable bonds is 5. The number of Topliss-reactive ketones (excluding diaryl/α,β-unsaturated/α-hetero) is 1. The lowest BCUT2D eigenvalue weighted by atomic mass is 9.99. The van der Waals surface area contributed by atoms with Crippen LogP contribution < -0.4 is 0 Å². The first-order valence-electron chi connectivity index (χ1n) is 5.86. The molecule has 1 N–H and O–H groups in total. The van der Waals surface area contributed by atoms with Gasteiger partial charge in [0.15, 0.2) is 5.78 Å². The van der Waals surface area contributed by atoms with Gasteiger partial charge >= 0.3 is 12.1 Å². The van der Waals surface area contributed by atoms with Crippen LogP contribution >= 0.6 is 15.9 Å². The van der Waals surface area contributed by atoms with Gasteiger partial charge in [0.1, 0.15) is 12.0 Å². The molecule has 0 spiro atoms. The second-order valence-electron chi connectivity index (χ2n) is 4.48. The van der Waals surface area contributed by atoms with Crippen molar-refractivity contribution in [1.29, 1.82) is 0 Å². The number of amides is 1. The summed E-state index contributed by atoms with van der Waals surface area (Å²) in [6.07, 6.45) is -5.23. The predicted octanol–water partition coefficient (Wildman–Crippen LogP) is 1.59. The van der Waals surface area contributed by atoms with Gasteiger partial charge in [-0.3, -0.25) is 9.59 Å². The number of hydrogen-bond donors (Lipinski definition) is 1. The quantitative estimate of drug-likeness (QED) is 0.756. The molecule has 0 saturated carbocycles. The first-order chi connectivity index (χ1) is 9.18. The maximum absolute atomic E-state index is 12.7. The van der Waals surface area contributed by atoms with Crippen LogP contribution in [0.25, 0.3) is 0 Å². The van der Waals surface area contributed by atoms with E-state index in [1.807, 2.05) is 0 Å². The molecule has 1 heterocycles. The minimum atomic E-state index is -4.82. The van der Waals surface area contributed by atoms with Gasteiger partial charge in [-0.2, -0.15) is 13.2 Å². The molecule has 1 rings (SSSR count). The lowest BCUT2D eigenvalue weighted by molar-refractivity contribution is -0.184. The van der Waals surface area contributed by atoms with Crippen molar-refractivity contribution in [3.63, 3.8) is 0 Å². The average Bonchev–Trinajstić information content (AvgIpc) is 2.82. The predicted molar refractivity (Wildman–Crippen MR) is 65.3 cm³/mol. The van der Waals surface area contributed by atoms with E-state index < -0.39 is 47.5 Å². The summed E-state index contributed by atoms with van der Waals surface area (Å²) in [6.45, 7) is 0.100. The highest BCUT2D eigenvalue weighted by atomic mass is 79.9. The SMILES string of the molecule is O=C(CBr)C(CC(=O)N1CCC[C@H]1C(=O)O)C(F)(F)F. The molecule has 2 atom stereocenters. The second-order valence-corrected chi connectivity index (χ2v) is 5.04. The number of halogens is 4. The van der Waals surface area contributed by atoms with Crippen LogP contribution in [-0.4, -0.2) is 51.8 Å². The third-order valence-electron chi connectivity index (χ3n) is 3.15. The molecule has 114 valence electrons. The van der Waals surface area contributed by atoms with Crippen LogP contribution in [0.3, 0.4) is 0 Å². The lowest BCUT2D eigenvalue weighted by Gasteiger charge is -2.24. The van der Waals surface area contributed by atoms with Crippen molar-refractivity contribution in [1.82, 2.24) is 4.90 Å². The fourth-order valence-corrected chi connectivity index (χ4v) is 2.51. The van der Waals surface area contributed by atoms with Crippen LogP contribution in [0.4, 0.5) is 13.2 Å². The molecule has 0 aromatic rings. The number of likely N-dealkylation sites (tertiary alicyclic amines) is 1. The zero-order chi connectivity index (χ0) is 15.5. The summed E-state index contributed by atoms with van der Waals surface area (Å²) in [4.78, 5) is 34.9. The fraction of sp³-hybridized carbons (Fsp3) is 0.727. The molecule has 0 aromatic carbocycles. The van der Waals surface area contributed by atoms with Gasteiger partial charge in [0, 0.05) is 13.0 Å². The van der Waals surface area contributed by atoms with Gasteiger partial charge in [0.2, 0.25) is 5.91 Å². The molecule has 5 nitrogen and oxygen atoms in total. The maximum atomic E-state index is 12.7. The van der Waals surface area contributed by atoms with Crippen LogP contribution in [0.15, 0.2) is 0 Å². The Hall–Kier alpha value is -1.12. The maximum Gasteiger partial charge on any atom is 0.399 e. The van der Waals surface area contributed by atoms with Crippen molar-refractivity contribution >= 4 is 33.6 Å². The Morgan fingerprint density at radius 2 is 1.95 bits per heavy atom. The molecule has 1 fully saturated rings. The molecular formula is C11H13BrF3NO4. The van der Waals surface area contributed by atoms with Crippen molar-refractivity contribution in [3.05, 3.63) is 0 Å². The zero-order valence-corrected chi connectivity index (χ0v) is 11.9. The van der Waals surface area contributed by atoms with E-state index in [0.29, 0.717) is 6.42 Å². The number of carbonyl (C=O) groups excluding carboxylic acids is 2. The number of carboxylic acids is 1. The smallest absolute Gasteiger partial charge is 0.399 e. The summed E-state index contributed by atoms with van der Waals surface area (Å²) < 4.78 is 38.2. The van der Waals surface area contributed by atoms with E-state index in [-0.39, 0.29) is 13.0 Å². The largest absolute Gasteiger partial charge is 0.480 e.